The first-order valence-corrected chi connectivity index (χ1v) is 9.56. The van der Waals surface area contributed by atoms with E-state index in [0.29, 0.717) is 28.6 Å². The molecule has 0 radical (unpaired) electrons. The van der Waals surface area contributed by atoms with E-state index in [2.05, 4.69) is 10.2 Å². The molecule has 0 unspecified atom stereocenters. The Bertz CT molecular complexity index is 979. The second-order valence-electron chi connectivity index (χ2n) is 5.87. The van der Waals surface area contributed by atoms with Crippen molar-refractivity contribution >= 4 is 17.7 Å². The molecule has 0 atom stereocenters. The standard InChI is InChI=1S/C20H20N2O6S/c1-12-6-5-7-14(8-12)27-17(23)11-29-20-22-21-19(28-20)13-9-15(24-2)18(26-4)16(10-13)25-3/h5-10H,11H2,1-4H3. The third-order valence-electron chi connectivity index (χ3n) is 3.85. The molecule has 0 aliphatic heterocycles. The highest BCUT2D eigenvalue weighted by atomic mass is 32.2. The molecule has 0 saturated carbocycles. The highest BCUT2D eigenvalue weighted by Gasteiger charge is 2.18. The van der Waals surface area contributed by atoms with Gasteiger partial charge in [-0.25, -0.2) is 0 Å². The van der Waals surface area contributed by atoms with Crippen LogP contribution in [0.25, 0.3) is 11.5 Å². The van der Waals surface area contributed by atoms with Gasteiger partial charge in [-0.1, -0.05) is 23.9 Å². The first-order chi connectivity index (χ1) is 14.0. The summed E-state index contributed by atoms with van der Waals surface area (Å²) in [5.41, 5.74) is 1.61. The normalized spacial score (nSPS) is 10.5. The molecule has 3 aromatic rings. The Balaban J connectivity index is 1.68. The average Bonchev–Trinajstić information content (AvgIpc) is 3.20. The van der Waals surface area contributed by atoms with E-state index in [9.17, 15) is 4.79 Å². The van der Waals surface area contributed by atoms with Gasteiger partial charge >= 0.3 is 5.97 Å². The summed E-state index contributed by atoms with van der Waals surface area (Å²) in [5.74, 6) is 1.79. The van der Waals surface area contributed by atoms with Crippen molar-refractivity contribution in [2.45, 2.75) is 12.1 Å². The van der Waals surface area contributed by atoms with Gasteiger partial charge in [-0.05, 0) is 36.8 Å². The molecule has 3 rings (SSSR count). The van der Waals surface area contributed by atoms with Crippen molar-refractivity contribution in [1.82, 2.24) is 10.2 Å². The number of carbonyl (C=O) groups excluding carboxylic acids is 1. The summed E-state index contributed by atoms with van der Waals surface area (Å²) >= 11 is 1.09. The fourth-order valence-corrected chi connectivity index (χ4v) is 3.09. The molecule has 0 aliphatic rings. The molecule has 152 valence electrons. The van der Waals surface area contributed by atoms with Gasteiger partial charge in [-0.3, -0.25) is 4.79 Å². The number of nitrogens with zero attached hydrogens (tertiary/aromatic N) is 2. The van der Waals surface area contributed by atoms with Crippen LogP contribution in [0.2, 0.25) is 0 Å². The van der Waals surface area contributed by atoms with Crippen molar-refractivity contribution in [3.05, 3.63) is 42.0 Å². The Morgan fingerprint density at radius 1 is 1.03 bits per heavy atom. The smallest absolute Gasteiger partial charge is 0.321 e. The molecule has 1 aromatic heterocycles. The van der Waals surface area contributed by atoms with E-state index in [1.165, 1.54) is 21.3 Å². The van der Waals surface area contributed by atoms with Crippen LogP contribution in [0.5, 0.6) is 23.0 Å². The zero-order valence-corrected chi connectivity index (χ0v) is 17.2. The van der Waals surface area contributed by atoms with E-state index in [1.807, 2.05) is 19.1 Å². The molecule has 29 heavy (non-hydrogen) atoms. The number of thioether (sulfide) groups is 1. The summed E-state index contributed by atoms with van der Waals surface area (Å²) < 4.78 is 26.9. The van der Waals surface area contributed by atoms with Gasteiger partial charge in [0, 0.05) is 5.56 Å². The molecule has 0 fully saturated rings. The summed E-state index contributed by atoms with van der Waals surface area (Å²) in [6, 6.07) is 10.7. The van der Waals surface area contributed by atoms with Crippen molar-refractivity contribution in [3.63, 3.8) is 0 Å². The Kier molecular flexibility index (Phi) is 6.61. The Morgan fingerprint density at radius 2 is 1.76 bits per heavy atom. The van der Waals surface area contributed by atoms with Crippen molar-refractivity contribution in [1.29, 1.82) is 0 Å². The average molecular weight is 416 g/mol. The van der Waals surface area contributed by atoms with Crippen LogP contribution < -0.4 is 18.9 Å². The largest absolute Gasteiger partial charge is 0.493 e. The van der Waals surface area contributed by atoms with Crippen LogP contribution in [0.3, 0.4) is 0 Å². The monoisotopic (exact) mass is 416 g/mol. The fraction of sp³-hybridized carbons (Fsp3) is 0.250. The second-order valence-corrected chi connectivity index (χ2v) is 6.79. The Labute approximate surface area is 172 Å². The number of aryl methyl sites for hydroxylation is 1. The fourth-order valence-electron chi connectivity index (χ4n) is 2.55. The molecule has 0 amide bonds. The lowest BCUT2D eigenvalue weighted by molar-refractivity contribution is -0.131. The highest BCUT2D eigenvalue weighted by Crippen LogP contribution is 2.41. The van der Waals surface area contributed by atoms with Gasteiger partial charge in [0.1, 0.15) is 11.5 Å². The molecule has 0 aliphatic carbocycles. The molecule has 2 aromatic carbocycles. The summed E-state index contributed by atoms with van der Waals surface area (Å²) in [6.45, 7) is 1.93. The van der Waals surface area contributed by atoms with Crippen LogP contribution in [0, 0.1) is 6.92 Å². The topological polar surface area (TPSA) is 92.9 Å². The van der Waals surface area contributed by atoms with E-state index in [1.54, 1.807) is 24.3 Å². The van der Waals surface area contributed by atoms with Crippen LogP contribution in [0.4, 0.5) is 0 Å². The van der Waals surface area contributed by atoms with Gasteiger partial charge in [0.25, 0.3) is 5.22 Å². The van der Waals surface area contributed by atoms with Crippen LogP contribution in [0.1, 0.15) is 5.56 Å². The molecule has 9 heteroatoms. The van der Waals surface area contributed by atoms with Gasteiger partial charge < -0.3 is 23.4 Å². The summed E-state index contributed by atoms with van der Waals surface area (Å²) in [7, 11) is 4.57. The molecule has 8 nitrogen and oxygen atoms in total. The van der Waals surface area contributed by atoms with E-state index in [0.717, 1.165) is 17.3 Å². The van der Waals surface area contributed by atoms with Gasteiger partial charge in [0.2, 0.25) is 11.6 Å². The van der Waals surface area contributed by atoms with Crippen molar-refractivity contribution in [3.8, 4) is 34.5 Å². The number of ether oxygens (including phenoxy) is 4. The van der Waals surface area contributed by atoms with E-state index in [4.69, 9.17) is 23.4 Å². The third kappa shape index (κ3) is 5.00. The lowest BCUT2D eigenvalue weighted by Crippen LogP contribution is -2.10. The minimum absolute atomic E-state index is 0.0326. The van der Waals surface area contributed by atoms with Crippen LogP contribution in [0.15, 0.2) is 46.0 Å². The summed E-state index contributed by atoms with van der Waals surface area (Å²) in [6.07, 6.45) is 0. The summed E-state index contributed by atoms with van der Waals surface area (Å²) in [5, 5.41) is 8.23. The number of aromatic nitrogens is 2. The van der Waals surface area contributed by atoms with Gasteiger partial charge in [-0.15, -0.1) is 10.2 Å². The first kappa shape index (κ1) is 20.5. The number of hydrogen-bond donors (Lipinski definition) is 0. The summed E-state index contributed by atoms with van der Waals surface area (Å²) in [4.78, 5) is 12.0. The molecule has 0 saturated heterocycles. The van der Waals surface area contributed by atoms with E-state index in [-0.39, 0.29) is 16.9 Å². The number of rotatable bonds is 8. The second kappa shape index (κ2) is 9.33. The minimum atomic E-state index is -0.409. The lowest BCUT2D eigenvalue weighted by atomic mass is 10.2. The molecular weight excluding hydrogens is 396 g/mol. The van der Waals surface area contributed by atoms with Gasteiger partial charge in [-0.2, -0.15) is 0 Å². The van der Waals surface area contributed by atoms with Crippen LogP contribution in [-0.4, -0.2) is 43.2 Å². The van der Waals surface area contributed by atoms with Crippen LogP contribution in [-0.2, 0) is 4.79 Å². The number of carbonyl (C=O) groups is 1. The zero-order chi connectivity index (χ0) is 20.8. The Morgan fingerprint density at radius 3 is 2.38 bits per heavy atom. The van der Waals surface area contributed by atoms with Crippen LogP contribution >= 0.6 is 11.8 Å². The highest BCUT2D eigenvalue weighted by molar-refractivity contribution is 7.99. The van der Waals surface area contributed by atoms with Gasteiger partial charge in [0.05, 0.1) is 21.3 Å². The predicted octanol–water partition coefficient (Wildman–Crippen LogP) is 3.77. The number of benzene rings is 2. The van der Waals surface area contributed by atoms with Crippen molar-refractivity contribution in [2.75, 3.05) is 27.1 Å². The Hall–Kier alpha value is -3.20. The molecular formula is C20H20N2O6S. The number of esters is 1. The first-order valence-electron chi connectivity index (χ1n) is 8.58. The number of hydrogen-bond acceptors (Lipinski definition) is 9. The third-order valence-corrected chi connectivity index (χ3v) is 4.64. The van der Waals surface area contributed by atoms with E-state index < -0.39 is 5.97 Å². The van der Waals surface area contributed by atoms with Crippen molar-refractivity contribution in [2.24, 2.45) is 0 Å². The maximum Gasteiger partial charge on any atom is 0.321 e. The zero-order valence-electron chi connectivity index (χ0n) is 16.4. The lowest BCUT2D eigenvalue weighted by Gasteiger charge is -2.12. The molecule has 0 bridgehead atoms. The van der Waals surface area contributed by atoms with Crippen molar-refractivity contribution < 1.29 is 28.2 Å². The maximum absolute atomic E-state index is 12.0. The maximum atomic E-state index is 12.0. The predicted molar refractivity (Wildman–Crippen MR) is 107 cm³/mol. The van der Waals surface area contributed by atoms with Gasteiger partial charge in [0.15, 0.2) is 11.5 Å². The molecule has 1 heterocycles. The number of methoxy groups -OCH3 is 3. The minimum Gasteiger partial charge on any atom is -0.493 e. The molecule has 0 spiro atoms. The quantitative estimate of drug-likeness (QED) is 0.309. The van der Waals surface area contributed by atoms with E-state index >= 15 is 0 Å². The molecule has 0 N–H and O–H groups in total. The SMILES string of the molecule is COc1cc(-c2nnc(SCC(=O)Oc3cccc(C)c3)o2)cc(OC)c1OC.